The van der Waals surface area contributed by atoms with Gasteiger partial charge in [0.2, 0.25) is 0 Å². The third-order valence-electron chi connectivity index (χ3n) is 0.363. The van der Waals surface area contributed by atoms with Gasteiger partial charge in [0.1, 0.15) is 0 Å². The van der Waals surface area contributed by atoms with Crippen molar-refractivity contribution < 1.29 is 4.84 Å². The van der Waals surface area contributed by atoms with Gasteiger partial charge in [0, 0.05) is 21.1 Å². The summed E-state index contributed by atoms with van der Waals surface area (Å²) in [5.74, 6) is 0. The van der Waals surface area contributed by atoms with Gasteiger partial charge < -0.3 is 4.84 Å². The second-order valence-corrected chi connectivity index (χ2v) is 1.28. The van der Waals surface area contributed by atoms with E-state index in [1.165, 1.54) is 6.40 Å². The van der Waals surface area contributed by atoms with Crippen LogP contribution in [0.25, 0.3) is 0 Å². The Morgan fingerprint density at radius 3 is 2.29 bits per heavy atom. The molecule has 0 N–H and O–H groups in total. The summed E-state index contributed by atoms with van der Waals surface area (Å²) in [5.41, 5.74) is 0. The summed E-state index contributed by atoms with van der Waals surface area (Å²) in [6.45, 7) is 0. The minimum absolute atomic E-state index is 1.38. The first-order valence-electron chi connectivity index (χ1n) is 2.02. The molecule has 0 saturated heterocycles. The highest BCUT2D eigenvalue weighted by molar-refractivity contribution is 5.45. The Morgan fingerprint density at radius 2 is 2.14 bits per heavy atom. The smallest absolute Gasteiger partial charge is 0.196 e. The molecule has 0 aromatic heterocycles. The molecule has 0 fully saturated rings. The maximum atomic E-state index is 4.73. The van der Waals surface area contributed by atoms with E-state index < -0.39 is 0 Å². The molecule has 3 heteroatoms. The average molecular weight is 102 g/mol. The fourth-order valence-electron chi connectivity index (χ4n) is 0.141. The van der Waals surface area contributed by atoms with Gasteiger partial charge in [-0.25, -0.2) is 0 Å². The Bertz CT molecular complexity index is 60.7. The van der Waals surface area contributed by atoms with E-state index in [1.807, 2.05) is 0 Å². The molecule has 3 nitrogen and oxygen atoms in total. The average Bonchev–Trinajstić information content (AvgIpc) is 1.61. The molecule has 0 aliphatic rings. The summed E-state index contributed by atoms with van der Waals surface area (Å²) >= 11 is 0. The Balaban J connectivity index is 2.97. The minimum atomic E-state index is 1.38. The van der Waals surface area contributed by atoms with E-state index in [9.17, 15) is 0 Å². The fraction of sp³-hybridized carbons (Fsp3) is 0.750. The summed E-state index contributed by atoms with van der Waals surface area (Å²) in [5, 5.41) is 1.56. The second-order valence-electron chi connectivity index (χ2n) is 1.28. The van der Waals surface area contributed by atoms with Crippen molar-refractivity contribution in [2.75, 3.05) is 21.1 Å². The standard InChI is InChI=1S/C4H10N2O/c1-5-4-7-6(2)3/h4H,1-3H3/b5-4-. The normalized spacial score (nSPS) is 10.9. The van der Waals surface area contributed by atoms with Crippen molar-refractivity contribution in [3.63, 3.8) is 0 Å². The van der Waals surface area contributed by atoms with E-state index in [0.717, 1.165) is 0 Å². The van der Waals surface area contributed by atoms with Gasteiger partial charge in [-0.15, -0.1) is 5.06 Å². The fourth-order valence-corrected chi connectivity index (χ4v) is 0.141. The highest BCUT2D eigenvalue weighted by atomic mass is 16.7. The summed E-state index contributed by atoms with van der Waals surface area (Å²) in [6.07, 6.45) is 1.38. The molecule has 0 aliphatic carbocycles. The molecule has 0 rings (SSSR count). The molecule has 0 bridgehead atoms. The summed E-state index contributed by atoms with van der Waals surface area (Å²) in [7, 11) is 5.24. The summed E-state index contributed by atoms with van der Waals surface area (Å²) in [4.78, 5) is 8.32. The maximum absolute atomic E-state index is 4.73. The molecule has 0 aromatic rings. The molecule has 42 valence electrons. The molecular formula is C4H10N2O. The molecule has 0 unspecified atom stereocenters. The highest BCUT2D eigenvalue weighted by Crippen LogP contribution is 1.69. The van der Waals surface area contributed by atoms with Crippen molar-refractivity contribution in [2.24, 2.45) is 4.99 Å². The van der Waals surface area contributed by atoms with Gasteiger partial charge in [0.05, 0.1) is 0 Å². The number of hydrogen-bond acceptors (Lipinski definition) is 3. The monoisotopic (exact) mass is 102 g/mol. The van der Waals surface area contributed by atoms with Gasteiger partial charge in [-0.3, -0.25) is 4.99 Å². The van der Waals surface area contributed by atoms with Crippen LogP contribution in [-0.2, 0) is 4.84 Å². The molecule has 0 atom stereocenters. The van der Waals surface area contributed by atoms with Crippen molar-refractivity contribution in [2.45, 2.75) is 0 Å². The lowest BCUT2D eigenvalue weighted by molar-refractivity contribution is -0.0107. The van der Waals surface area contributed by atoms with Gasteiger partial charge in [0.25, 0.3) is 0 Å². The lowest BCUT2D eigenvalue weighted by Crippen LogP contribution is -2.10. The van der Waals surface area contributed by atoms with Crippen LogP contribution in [0, 0.1) is 0 Å². The van der Waals surface area contributed by atoms with Crippen molar-refractivity contribution >= 4 is 6.40 Å². The molecule has 0 aromatic carbocycles. The zero-order valence-corrected chi connectivity index (χ0v) is 4.88. The molecule has 0 saturated carbocycles. The van der Waals surface area contributed by atoms with E-state index in [4.69, 9.17) is 4.84 Å². The first kappa shape index (κ1) is 6.43. The van der Waals surface area contributed by atoms with Gasteiger partial charge in [0.15, 0.2) is 6.40 Å². The zero-order chi connectivity index (χ0) is 5.70. The van der Waals surface area contributed by atoms with E-state index in [2.05, 4.69) is 4.99 Å². The minimum Gasteiger partial charge on any atom is -0.395 e. The van der Waals surface area contributed by atoms with Crippen LogP contribution in [0.4, 0.5) is 0 Å². The molecule has 7 heavy (non-hydrogen) atoms. The lowest BCUT2D eigenvalue weighted by atomic mass is 11.2. The third-order valence-corrected chi connectivity index (χ3v) is 0.363. The van der Waals surface area contributed by atoms with Crippen LogP contribution in [0.15, 0.2) is 4.99 Å². The number of hydroxylamine groups is 2. The summed E-state index contributed by atoms with van der Waals surface area (Å²) < 4.78 is 0. The van der Waals surface area contributed by atoms with Gasteiger partial charge in [-0.2, -0.15) is 0 Å². The van der Waals surface area contributed by atoms with Crippen LogP contribution in [0.1, 0.15) is 0 Å². The van der Waals surface area contributed by atoms with Crippen LogP contribution in [-0.4, -0.2) is 32.6 Å². The SMILES string of the molecule is C/N=C\ON(C)C. The maximum Gasteiger partial charge on any atom is 0.196 e. The lowest BCUT2D eigenvalue weighted by Gasteiger charge is -2.03. The molecule has 0 aliphatic heterocycles. The second kappa shape index (κ2) is 3.61. The predicted molar refractivity (Wildman–Crippen MR) is 29.2 cm³/mol. The van der Waals surface area contributed by atoms with E-state index >= 15 is 0 Å². The molecule has 0 spiro atoms. The Morgan fingerprint density at radius 1 is 1.57 bits per heavy atom. The number of hydrogen-bond donors (Lipinski definition) is 0. The van der Waals surface area contributed by atoms with Gasteiger partial charge >= 0.3 is 0 Å². The highest BCUT2D eigenvalue weighted by Gasteiger charge is 1.76. The van der Waals surface area contributed by atoms with E-state index in [1.54, 1.807) is 26.2 Å². The first-order valence-corrected chi connectivity index (χ1v) is 2.02. The topological polar surface area (TPSA) is 24.8 Å². The Kier molecular flexibility index (Phi) is 3.32. The number of nitrogens with zero attached hydrogens (tertiary/aromatic N) is 2. The molecule has 0 radical (unpaired) electrons. The molecule has 0 heterocycles. The van der Waals surface area contributed by atoms with Gasteiger partial charge in [-0.05, 0) is 0 Å². The molecule has 0 amide bonds. The van der Waals surface area contributed by atoms with Crippen LogP contribution in [0.2, 0.25) is 0 Å². The Labute approximate surface area is 43.6 Å². The third kappa shape index (κ3) is 5.43. The first-order chi connectivity index (χ1) is 3.27. The van der Waals surface area contributed by atoms with E-state index in [-0.39, 0.29) is 0 Å². The summed E-state index contributed by atoms with van der Waals surface area (Å²) in [6, 6.07) is 0. The van der Waals surface area contributed by atoms with Crippen LogP contribution in [0.3, 0.4) is 0 Å². The quantitative estimate of drug-likeness (QED) is 0.281. The molecular weight excluding hydrogens is 92.1 g/mol. The zero-order valence-electron chi connectivity index (χ0n) is 4.88. The van der Waals surface area contributed by atoms with E-state index in [0.29, 0.717) is 0 Å². The van der Waals surface area contributed by atoms with Crippen LogP contribution >= 0.6 is 0 Å². The van der Waals surface area contributed by atoms with Gasteiger partial charge in [-0.1, -0.05) is 0 Å². The van der Waals surface area contributed by atoms with Crippen molar-refractivity contribution in [3.05, 3.63) is 0 Å². The largest absolute Gasteiger partial charge is 0.395 e. The van der Waals surface area contributed by atoms with Crippen LogP contribution < -0.4 is 0 Å². The van der Waals surface area contributed by atoms with Crippen LogP contribution in [0.5, 0.6) is 0 Å². The number of aliphatic imine (C=N–C) groups is 1. The van der Waals surface area contributed by atoms with Crippen molar-refractivity contribution in [1.82, 2.24) is 5.06 Å². The number of rotatable bonds is 2. The van der Waals surface area contributed by atoms with Crippen molar-refractivity contribution in [3.8, 4) is 0 Å². The Hall–Kier alpha value is -0.570. The van der Waals surface area contributed by atoms with Crippen molar-refractivity contribution in [1.29, 1.82) is 0 Å². The predicted octanol–water partition coefficient (Wildman–Crippen LogP) is 0.138.